The molecule has 2 N–H and O–H groups in total. The monoisotopic (exact) mass is 553 g/mol. The molecule has 0 radical (unpaired) electrons. The number of nitriles is 1. The van der Waals surface area contributed by atoms with Gasteiger partial charge in [0.2, 0.25) is 15.9 Å². The first-order chi connectivity index (χ1) is 18.6. The van der Waals surface area contributed by atoms with Gasteiger partial charge in [0.05, 0.1) is 24.2 Å². The van der Waals surface area contributed by atoms with Crippen molar-refractivity contribution in [2.75, 3.05) is 37.8 Å². The Morgan fingerprint density at radius 1 is 1.18 bits per heavy atom. The molecule has 4 rings (SSSR count). The van der Waals surface area contributed by atoms with Gasteiger partial charge in [0.25, 0.3) is 0 Å². The molecule has 1 saturated heterocycles. The Kier molecular flexibility index (Phi) is 8.58. The predicted octanol–water partition coefficient (Wildman–Crippen LogP) is 1.78. The van der Waals surface area contributed by atoms with Gasteiger partial charge < -0.3 is 20.1 Å². The van der Waals surface area contributed by atoms with Crippen molar-refractivity contribution in [3.8, 4) is 6.07 Å². The summed E-state index contributed by atoms with van der Waals surface area (Å²) in [6, 6.07) is 13.0. The van der Waals surface area contributed by atoms with Gasteiger partial charge in [-0.25, -0.2) is 22.6 Å². The molecule has 3 amide bonds. The molecule has 2 heterocycles. The lowest BCUT2D eigenvalue weighted by Gasteiger charge is -2.38. The molecule has 0 aliphatic carbocycles. The van der Waals surface area contributed by atoms with Crippen LogP contribution in [0.3, 0.4) is 0 Å². The number of carbonyl (C=O) groups is 2. The molecule has 0 bridgehead atoms. The first-order valence-electron chi connectivity index (χ1n) is 12.2. The van der Waals surface area contributed by atoms with Crippen LogP contribution in [0.15, 0.2) is 61.1 Å². The summed E-state index contributed by atoms with van der Waals surface area (Å²) in [5.74, 6) is -1.04. The highest BCUT2D eigenvalue weighted by Gasteiger charge is 2.38. The number of nitrogens with zero attached hydrogens (tertiary/aromatic N) is 5. The lowest BCUT2D eigenvalue weighted by molar-refractivity contribution is -0.126. The second-order valence-corrected chi connectivity index (χ2v) is 11.1. The van der Waals surface area contributed by atoms with Gasteiger partial charge in [-0.3, -0.25) is 4.79 Å². The highest BCUT2D eigenvalue weighted by molar-refractivity contribution is 7.88. The van der Waals surface area contributed by atoms with Crippen LogP contribution in [0.2, 0.25) is 0 Å². The van der Waals surface area contributed by atoms with Crippen LogP contribution in [-0.4, -0.2) is 77.6 Å². The maximum absolute atomic E-state index is 13.5. The van der Waals surface area contributed by atoms with E-state index in [1.807, 2.05) is 16.7 Å². The van der Waals surface area contributed by atoms with Gasteiger partial charge in [-0.1, -0.05) is 18.2 Å². The lowest BCUT2D eigenvalue weighted by Crippen LogP contribution is -2.61. The molecular formula is C26H28FN7O4S. The van der Waals surface area contributed by atoms with Crippen LogP contribution in [0.1, 0.15) is 16.8 Å². The van der Waals surface area contributed by atoms with Gasteiger partial charge in [-0.2, -0.15) is 9.57 Å². The van der Waals surface area contributed by atoms with Crippen LogP contribution in [0.25, 0.3) is 0 Å². The van der Waals surface area contributed by atoms with E-state index in [2.05, 4.69) is 21.7 Å². The molecule has 0 saturated carbocycles. The van der Waals surface area contributed by atoms with Crippen molar-refractivity contribution in [3.63, 3.8) is 0 Å². The Hall–Kier alpha value is -4.28. The third-order valence-electron chi connectivity index (χ3n) is 6.34. The molecule has 3 aromatic rings. The summed E-state index contributed by atoms with van der Waals surface area (Å²) in [7, 11) is -3.72. The van der Waals surface area contributed by atoms with Crippen LogP contribution >= 0.6 is 0 Å². The molecule has 1 atom stereocenters. The van der Waals surface area contributed by atoms with E-state index in [1.54, 1.807) is 24.7 Å². The number of hydrogen-bond acceptors (Lipinski definition) is 6. The second kappa shape index (κ2) is 12.1. The zero-order valence-corrected chi connectivity index (χ0v) is 22.1. The van der Waals surface area contributed by atoms with E-state index >= 15 is 0 Å². The number of rotatable bonds is 8. The average Bonchev–Trinajstić information content (AvgIpc) is 3.34. The van der Waals surface area contributed by atoms with Crippen molar-refractivity contribution < 1.29 is 22.4 Å². The first-order valence-corrected chi connectivity index (χ1v) is 14.0. The van der Waals surface area contributed by atoms with Crippen LogP contribution in [0.5, 0.6) is 0 Å². The number of imidazole rings is 1. The van der Waals surface area contributed by atoms with Crippen molar-refractivity contribution in [1.82, 2.24) is 24.1 Å². The van der Waals surface area contributed by atoms with E-state index in [0.717, 1.165) is 21.8 Å². The summed E-state index contributed by atoms with van der Waals surface area (Å²) >= 11 is 0. The topological polar surface area (TPSA) is 140 Å². The molecule has 1 unspecified atom stereocenters. The molecule has 1 aliphatic heterocycles. The predicted molar refractivity (Wildman–Crippen MR) is 142 cm³/mol. The summed E-state index contributed by atoms with van der Waals surface area (Å²) in [5, 5.41) is 14.3. The van der Waals surface area contributed by atoms with Crippen molar-refractivity contribution in [2.24, 2.45) is 0 Å². The SMILES string of the molecule is CS(=O)(=O)N1CCN(C(=O)Nc2cccc(F)c2)CC1C(=O)NCCc1cncn1Cc1ccc(C#N)cc1. The fourth-order valence-electron chi connectivity index (χ4n) is 4.34. The Morgan fingerprint density at radius 2 is 1.95 bits per heavy atom. The standard InChI is InChI=1S/C26H28FN7O4S/c1-39(37,38)34-12-11-32(26(36)31-22-4-2-3-21(27)13-22)17-24(34)25(35)30-10-9-23-15-29-18-33(23)16-20-7-5-19(14-28)6-8-20/h2-8,13,15,18,24H,9-12,16-17H2,1H3,(H,30,35)(H,31,36). The minimum atomic E-state index is -3.72. The second-order valence-electron chi connectivity index (χ2n) is 9.14. The first kappa shape index (κ1) is 27.7. The van der Waals surface area contributed by atoms with E-state index in [-0.39, 0.29) is 31.9 Å². The number of carbonyl (C=O) groups excluding carboxylic acids is 2. The molecule has 2 aromatic carbocycles. The zero-order chi connectivity index (χ0) is 28.0. The van der Waals surface area contributed by atoms with Crippen LogP contribution in [0.4, 0.5) is 14.9 Å². The molecule has 39 heavy (non-hydrogen) atoms. The summed E-state index contributed by atoms with van der Waals surface area (Å²) in [6.45, 7) is 0.629. The molecular weight excluding hydrogens is 525 g/mol. The van der Waals surface area contributed by atoms with Gasteiger partial charge in [-0.15, -0.1) is 0 Å². The van der Waals surface area contributed by atoms with Gasteiger partial charge in [0, 0.05) is 56.7 Å². The largest absolute Gasteiger partial charge is 0.354 e. The van der Waals surface area contributed by atoms with Gasteiger partial charge in [0.1, 0.15) is 11.9 Å². The Bertz CT molecular complexity index is 1480. The van der Waals surface area contributed by atoms with Crippen molar-refractivity contribution in [3.05, 3.63) is 83.7 Å². The number of halogens is 1. The highest BCUT2D eigenvalue weighted by Crippen LogP contribution is 2.17. The van der Waals surface area contributed by atoms with Gasteiger partial charge in [-0.05, 0) is 35.9 Å². The maximum atomic E-state index is 13.5. The molecule has 0 spiro atoms. The summed E-state index contributed by atoms with van der Waals surface area (Å²) in [5.41, 5.74) is 2.67. The lowest BCUT2D eigenvalue weighted by atomic mass is 10.1. The number of amides is 3. The maximum Gasteiger partial charge on any atom is 0.321 e. The third-order valence-corrected chi connectivity index (χ3v) is 7.63. The van der Waals surface area contributed by atoms with E-state index in [1.165, 1.54) is 29.2 Å². The Labute approximate surface area is 225 Å². The number of sulfonamides is 1. The molecule has 204 valence electrons. The van der Waals surface area contributed by atoms with Crippen LogP contribution in [-0.2, 0) is 27.8 Å². The van der Waals surface area contributed by atoms with Gasteiger partial charge >= 0.3 is 6.03 Å². The summed E-state index contributed by atoms with van der Waals surface area (Å²) < 4.78 is 41.3. The molecule has 13 heteroatoms. The quantitative estimate of drug-likeness (QED) is 0.436. The number of nitrogens with one attached hydrogen (secondary N) is 2. The Balaban J connectivity index is 1.37. The normalized spacial score (nSPS) is 15.9. The number of anilines is 1. The number of piperazine rings is 1. The number of aromatic nitrogens is 2. The molecule has 1 aliphatic rings. The Morgan fingerprint density at radius 3 is 2.64 bits per heavy atom. The number of benzene rings is 2. The third kappa shape index (κ3) is 7.18. The average molecular weight is 554 g/mol. The summed E-state index contributed by atoms with van der Waals surface area (Å²) in [4.78, 5) is 31.4. The molecule has 1 fully saturated rings. The summed E-state index contributed by atoms with van der Waals surface area (Å²) in [6.07, 6.45) is 4.84. The van der Waals surface area contributed by atoms with Crippen molar-refractivity contribution in [1.29, 1.82) is 5.26 Å². The molecule has 1 aromatic heterocycles. The fraction of sp³-hybridized carbons (Fsp3) is 0.308. The van der Waals surface area contributed by atoms with Crippen molar-refractivity contribution >= 4 is 27.6 Å². The number of urea groups is 1. The van der Waals surface area contributed by atoms with E-state index in [4.69, 9.17) is 5.26 Å². The zero-order valence-electron chi connectivity index (χ0n) is 21.2. The van der Waals surface area contributed by atoms with Crippen molar-refractivity contribution in [2.45, 2.75) is 19.0 Å². The smallest absolute Gasteiger partial charge is 0.321 e. The fourth-order valence-corrected chi connectivity index (χ4v) is 5.38. The van der Waals surface area contributed by atoms with E-state index in [9.17, 15) is 22.4 Å². The van der Waals surface area contributed by atoms with Gasteiger partial charge in [0.15, 0.2) is 0 Å². The minimum absolute atomic E-state index is 0.0507. The van der Waals surface area contributed by atoms with E-state index < -0.39 is 33.8 Å². The highest BCUT2D eigenvalue weighted by atomic mass is 32.2. The van der Waals surface area contributed by atoms with E-state index in [0.29, 0.717) is 18.5 Å². The number of hydrogen-bond donors (Lipinski definition) is 2. The molecule has 11 nitrogen and oxygen atoms in total. The van der Waals surface area contributed by atoms with Crippen LogP contribution in [0, 0.1) is 17.1 Å². The van der Waals surface area contributed by atoms with Crippen LogP contribution < -0.4 is 10.6 Å². The minimum Gasteiger partial charge on any atom is -0.354 e.